The van der Waals surface area contributed by atoms with Gasteiger partial charge in [0.05, 0.1) is 13.7 Å². The van der Waals surface area contributed by atoms with Gasteiger partial charge in [-0.2, -0.15) is 4.80 Å². The van der Waals surface area contributed by atoms with Crippen molar-refractivity contribution in [3.05, 3.63) is 24.3 Å². The van der Waals surface area contributed by atoms with Crippen molar-refractivity contribution >= 4 is 0 Å². The van der Waals surface area contributed by atoms with E-state index in [1.807, 2.05) is 24.3 Å². The summed E-state index contributed by atoms with van der Waals surface area (Å²) >= 11 is 0. The van der Waals surface area contributed by atoms with Crippen molar-refractivity contribution in [2.24, 2.45) is 5.73 Å². The number of rotatable bonds is 5. The Hall–Kier alpha value is -1.95. The number of hydrogen-bond donors (Lipinski definition) is 1. The molecule has 1 heterocycles. The first-order valence-electron chi connectivity index (χ1n) is 5.46. The summed E-state index contributed by atoms with van der Waals surface area (Å²) in [5.41, 5.74) is 6.34. The fraction of sp³-hybridized carbons (Fsp3) is 0.364. The molecule has 0 saturated heterocycles. The maximum absolute atomic E-state index is 5.42. The van der Waals surface area contributed by atoms with Crippen molar-refractivity contribution in [2.75, 3.05) is 13.7 Å². The monoisotopic (exact) mass is 233 g/mol. The highest BCUT2D eigenvalue weighted by atomic mass is 16.5. The quantitative estimate of drug-likeness (QED) is 0.822. The Bertz CT molecular complexity index is 465. The van der Waals surface area contributed by atoms with Crippen LogP contribution in [0.2, 0.25) is 0 Å². The minimum Gasteiger partial charge on any atom is -0.497 e. The Morgan fingerprint density at radius 1 is 1.29 bits per heavy atom. The van der Waals surface area contributed by atoms with Crippen LogP contribution in [0.3, 0.4) is 0 Å². The molecule has 0 bridgehead atoms. The number of hydrogen-bond acceptors (Lipinski definition) is 5. The third-order valence-electron chi connectivity index (χ3n) is 2.36. The zero-order valence-electron chi connectivity index (χ0n) is 9.71. The molecule has 2 rings (SSSR count). The molecule has 0 aliphatic heterocycles. The summed E-state index contributed by atoms with van der Waals surface area (Å²) in [4.78, 5) is 1.56. The first kappa shape index (κ1) is 11.5. The Kier molecular flexibility index (Phi) is 3.66. The predicted molar refractivity (Wildman–Crippen MR) is 63.5 cm³/mol. The fourth-order valence-electron chi connectivity index (χ4n) is 1.43. The van der Waals surface area contributed by atoms with Crippen LogP contribution in [0.15, 0.2) is 24.3 Å². The standard InChI is InChI=1S/C11H15N5O/c1-17-10-5-3-9(4-6-10)11-13-15-16(14-11)8-2-7-12/h3-6H,2,7-8,12H2,1H3. The van der Waals surface area contributed by atoms with E-state index in [0.29, 0.717) is 18.9 Å². The lowest BCUT2D eigenvalue weighted by atomic mass is 10.2. The summed E-state index contributed by atoms with van der Waals surface area (Å²) < 4.78 is 5.09. The van der Waals surface area contributed by atoms with Crippen molar-refractivity contribution in [3.63, 3.8) is 0 Å². The molecule has 90 valence electrons. The molecule has 17 heavy (non-hydrogen) atoms. The SMILES string of the molecule is COc1ccc(-c2nnn(CCCN)n2)cc1. The van der Waals surface area contributed by atoms with Gasteiger partial charge >= 0.3 is 0 Å². The second-order valence-electron chi connectivity index (χ2n) is 3.58. The van der Waals surface area contributed by atoms with Crippen LogP contribution in [-0.2, 0) is 6.54 Å². The topological polar surface area (TPSA) is 78.9 Å². The Labute approximate surface area is 99.4 Å². The molecular weight excluding hydrogens is 218 g/mol. The van der Waals surface area contributed by atoms with Gasteiger partial charge in [0.2, 0.25) is 5.82 Å². The average Bonchev–Trinajstić information content (AvgIpc) is 2.85. The number of ether oxygens (including phenoxy) is 1. The van der Waals surface area contributed by atoms with Crippen molar-refractivity contribution in [1.29, 1.82) is 0 Å². The van der Waals surface area contributed by atoms with Crippen LogP contribution < -0.4 is 10.5 Å². The Morgan fingerprint density at radius 3 is 2.71 bits per heavy atom. The summed E-state index contributed by atoms with van der Waals surface area (Å²) in [6.45, 7) is 1.32. The third kappa shape index (κ3) is 2.79. The molecule has 0 aliphatic rings. The first-order chi connectivity index (χ1) is 8.33. The van der Waals surface area contributed by atoms with E-state index in [2.05, 4.69) is 15.4 Å². The largest absolute Gasteiger partial charge is 0.497 e. The third-order valence-corrected chi connectivity index (χ3v) is 2.36. The van der Waals surface area contributed by atoms with Crippen molar-refractivity contribution in [3.8, 4) is 17.1 Å². The van der Waals surface area contributed by atoms with E-state index in [4.69, 9.17) is 10.5 Å². The number of tetrazole rings is 1. The van der Waals surface area contributed by atoms with E-state index in [1.165, 1.54) is 0 Å². The Balaban J connectivity index is 2.12. The van der Waals surface area contributed by atoms with Gasteiger partial charge in [0.1, 0.15) is 5.75 Å². The van der Waals surface area contributed by atoms with Gasteiger partial charge in [-0.25, -0.2) is 0 Å². The number of nitrogens with zero attached hydrogens (tertiary/aromatic N) is 4. The highest BCUT2D eigenvalue weighted by Gasteiger charge is 2.05. The van der Waals surface area contributed by atoms with Gasteiger partial charge in [-0.1, -0.05) is 0 Å². The van der Waals surface area contributed by atoms with Gasteiger partial charge in [0, 0.05) is 5.56 Å². The van der Waals surface area contributed by atoms with Gasteiger partial charge in [0.15, 0.2) is 0 Å². The zero-order valence-corrected chi connectivity index (χ0v) is 9.71. The number of aromatic nitrogens is 4. The fourth-order valence-corrected chi connectivity index (χ4v) is 1.43. The molecule has 1 aromatic carbocycles. The molecule has 0 radical (unpaired) electrons. The van der Waals surface area contributed by atoms with Gasteiger partial charge < -0.3 is 10.5 Å². The van der Waals surface area contributed by atoms with Gasteiger partial charge in [-0.05, 0) is 42.4 Å². The normalized spacial score (nSPS) is 10.5. The van der Waals surface area contributed by atoms with Crippen LogP contribution in [0.25, 0.3) is 11.4 Å². The van der Waals surface area contributed by atoms with E-state index in [9.17, 15) is 0 Å². The highest BCUT2D eigenvalue weighted by Crippen LogP contribution is 2.18. The van der Waals surface area contributed by atoms with Crippen LogP contribution >= 0.6 is 0 Å². The van der Waals surface area contributed by atoms with E-state index < -0.39 is 0 Å². The van der Waals surface area contributed by atoms with Crippen LogP contribution in [0, 0.1) is 0 Å². The molecule has 2 aromatic rings. The molecular formula is C11H15N5O. The molecule has 0 atom stereocenters. The molecule has 1 aromatic heterocycles. The van der Waals surface area contributed by atoms with E-state index in [-0.39, 0.29) is 0 Å². The van der Waals surface area contributed by atoms with Gasteiger partial charge in [-0.15, -0.1) is 10.2 Å². The predicted octanol–water partition coefficient (Wildman–Crippen LogP) is 0.697. The second kappa shape index (κ2) is 5.40. The summed E-state index contributed by atoms with van der Waals surface area (Å²) in [6, 6.07) is 7.55. The lowest BCUT2D eigenvalue weighted by molar-refractivity contribution is 0.415. The second-order valence-corrected chi connectivity index (χ2v) is 3.58. The number of methoxy groups -OCH3 is 1. The maximum Gasteiger partial charge on any atom is 0.204 e. The smallest absolute Gasteiger partial charge is 0.204 e. The number of nitrogens with two attached hydrogens (primary N) is 1. The zero-order chi connectivity index (χ0) is 12.1. The molecule has 6 heteroatoms. The lowest BCUT2D eigenvalue weighted by Crippen LogP contribution is -2.08. The molecule has 6 nitrogen and oxygen atoms in total. The molecule has 0 amide bonds. The molecule has 2 N–H and O–H groups in total. The molecule has 0 unspecified atom stereocenters. The van der Waals surface area contributed by atoms with E-state index >= 15 is 0 Å². The molecule has 0 spiro atoms. The summed E-state index contributed by atoms with van der Waals surface area (Å²) in [6.07, 6.45) is 0.846. The number of aryl methyl sites for hydroxylation is 1. The maximum atomic E-state index is 5.42. The van der Waals surface area contributed by atoms with E-state index in [1.54, 1.807) is 11.9 Å². The van der Waals surface area contributed by atoms with Crippen LogP contribution in [0.5, 0.6) is 5.75 Å². The summed E-state index contributed by atoms with van der Waals surface area (Å²) in [5, 5.41) is 12.2. The van der Waals surface area contributed by atoms with Crippen LogP contribution in [-0.4, -0.2) is 33.9 Å². The minimum absolute atomic E-state index is 0.615. The van der Waals surface area contributed by atoms with Gasteiger partial charge in [0.25, 0.3) is 0 Å². The lowest BCUT2D eigenvalue weighted by Gasteiger charge is -1.99. The molecule has 0 aliphatic carbocycles. The summed E-state index contributed by atoms with van der Waals surface area (Å²) in [7, 11) is 1.64. The number of benzene rings is 1. The van der Waals surface area contributed by atoms with Gasteiger partial charge in [-0.3, -0.25) is 0 Å². The van der Waals surface area contributed by atoms with E-state index in [0.717, 1.165) is 17.7 Å². The molecule has 0 fully saturated rings. The minimum atomic E-state index is 0.615. The van der Waals surface area contributed by atoms with Crippen molar-refractivity contribution in [2.45, 2.75) is 13.0 Å². The van der Waals surface area contributed by atoms with Crippen molar-refractivity contribution in [1.82, 2.24) is 20.2 Å². The average molecular weight is 233 g/mol. The first-order valence-corrected chi connectivity index (χ1v) is 5.46. The highest BCUT2D eigenvalue weighted by molar-refractivity contribution is 5.55. The Morgan fingerprint density at radius 2 is 2.06 bits per heavy atom. The van der Waals surface area contributed by atoms with Crippen molar-refractivity contribution < 1.29 is 4.74 Å². The summed E-state index contributed by atoms with van der Waals surface area (Å²) in [5.74, 6) is 1.42. The van der Waals surface area contributed by atoms with Crippen LogP contribution in [0.1, 0.15) is 6.42 Å². The molecule has 0 saturated carbocycles. The van der Waals surface area contributed by atoms with Crippen LogP contribution in [0.4, 0.5) is 0 Å².